The number of piperidine rings is 1. The molecule has 1 unspecified atom stereocenters. The average molecular weight is 315 g/mol. The highest BCUT2D eigenvalue weighted by Crippen LogP contribution is 2.21. The Balaban J connectivity index is 1.80. The first-order chi connectivity index (χ1) is 11.1. The number of aryl methyl sites for hydroxylation is 1. The Morgan fingerprint density at radius 1 is 1.22 bits per heavy atom. The molecule has 0 bridgehead atoms. The van der Waals surface area contributed by atoms with E-state index in [-0.39, 0.29) is 5.91 Å². The summed E-state index contributed by atoms with van der Waals surface area (Å²) >= 11 is 0. The third-order valence-corrected chi connectivity index (χ3v) is 3.95. The van der Waals surface area contributed by atoms with Crippen molar-refractivity contribution in [1.29, 1.82) is 0 Å². The van der Waals surface area contributed by atoms with Crippen LogP contribution >= 0.6 is 0 Å². The van der Waals surface area contributed by atoms with Crippen LogP contribution in [0.15, 0.2) is 24.3 Å². The standard InChI is InChI=1S/C15H17N5O3/c1-19-17-13(16-18-19)10-5-7-11(8-6-10)14(21)20-9-3-2-4-12(20)15(22)23/h5-8,12H,2-4,9H2,1H3,(H,22,23). The molecule has 120 valence electrons. The van der Waals surface area contributed by atoms with E-state index in [1.807, 2.05) is 0 Å². The largest absolute Gasteiger partial charge is 0.480 e. The fraction of sp³-hybridized carbons (Fsp3) is 0.400. The molecule has 1 aliphatic rings. The topological polar surface area (TPSA) is 101 Å². The molecule has 1 aliphatic heterocycles. The summed E-state index contributed by atoms with van der Waals surface area (Å²) in [7, 11) is 1.68. The van der Waals surface area contributed by atoms with E-state index < -0.39 is 12.0 Å². The zero-order valence-electron chi connectivity index (χ0n) is 12.7. The minimum absolute atomic E-state index is 0.254. The fourth-order valence-corrected chi connectivity index (χ4v) is 2.76. The molecule has 0 saturated carbocycles. The van der Waals surface area contributed by atoms with Crippen LogP contribution in [0.4, 0.5) is 0 Å². The van der Waals surface area contributed by atoms with Crippen molar-refractivity contribution in [2.75, 3.05) is 6.54 Å². The van der Waals surface area contributed by atoms with Gasteiger partial charge in [-0.05, 0) is 36.6 Å². The van der Waals surface area contributed by atoms with Crippen molar-refractivity contribution in [2.24, 2.45) is 7.05 Å². The second kappa shape index (κ2) is 6.15. The Labute approximate surface area is 132 Å². The molecule has 1 aromatic carbocycles. The number of benzene rings is 1. The molecule has 3 rings (SSSR count). The van der Waals surface area contributed by atoms with Crippen molar-refractivity contribution < 1.29 is 14.7 Å². The van der Waals surface area contributed by atoms with Crippen LogP contribution in [-0.2, 0) is 11.8 Å². The van der Waals surface area contributed by atoms with Crippen molar-refractivity contribution in [1.82, 2.24) is 25.1 Å². The third-order valence-electron chi connectivity index (χ3n) is 3.95. The second-order valence-electron chi connectivity index (χ2n) is 5.53. The van der Waals surface area contributed by atoms with Gasteiger partial charge in [-0.25, -0.2) is 4.79 Å². The van der Waals surface area contributed by atoms with E-state index in [9.17, 15) is 14.7 Å². The number of carbonyl (C=O) groups excluding carboxylic acids is 1. The van der Waals surface area contributed by atoms with Gasteiger partial charge < -0.3 is 10.0 Å². The number of carbonyl (C=O) groups is 2. The molecule has 8 heteroatoms. The van der Waals surface area contributed by atoms with Crippen LogP contribution < -0.4 is 0 Å². The molecule has 1 saturated heterocycles. The predicted molar refractivity (Wildman–Crippen MR) is 80.5 cm³/mol. The van der Waals surface area contributed by atoms with Crippen LogP contribution in [0.3, 0.4) is 0 Å². The Morgan fingerprint density at radius 3 is 2.57 bits per heavy atom. The zero-order chi connectivity index (χ0) is 16.4. The Bertz CT molecular complexity index is 725. The predicted octanol–water partition coefficient (Wildman–Crippen LogP) is 0.956. The van der Waals surface area contributed by atoms with Gasteiger partial charge in [0.25, 0.3) is 5.91 Å². The van der Waals surface area contributed by atoms with E-state index in [0.717, 1.165) is 18.4 Å². The summed E-state index contributed by atoms with van der Waals surface area (Å²) in [5, 5.41) is 21.1. The molecular formula is C15H17N5O3. The van der Waals surface area contributed by atoms with Gasteiger partial charge in [0, 0.05) is 17.7 Å². The number of carboxylic acids is 1. The van der Waals surface area contributed by atoms with E-state index >= 15 is 0 Å². The summed E-state index contributed by atoms with van der Waals surface area (Å²) in [6, 6.07) is 6.08. The summed E-state index contributed by atoms with van der Waals surface area (Å²) in [6.45, 7) is 0.475. The number of hydrogen-bond acceptors (Lipinski definition) is 5. The lowest BCUT2D eigenvalue weighted by molar-refractivity contribution is -0.143. The van der Waals surface area contributed by atoms with Crippen LogP contribution in [0.1, 0.15) is 29.6 Å². The number of tetrazole rings is 1. The first-order valence-corrected chi connectivity index (χ1v) is 7.44. The number of hydrogen-bond donors (Lipinski definition) is 1. The molecular weight excluding hydrogens is 298 g/mol. The summed E-state index contributed by atoms with van der Waals surface area (Å²) in [5.41, 5.74) is 1.22. The summed E-state index contributed by atoms with van der Waals surface area (Å²) in [5.74, 6) is -0.720. The Morgan fingerprint density at radius 2 is 1.96 bits per heavy atom. The number of rotatable bonds is 3. The van der Waals surface area contributed by atoms with Crippen LogP contribution in [0.2, 0.25) is 0 Å². The molecule has 23 heavy (non-hydrogen) atoms. The van der Waals surface area contributed by atoms with Crippen LogP contribution in [0, 0.1) is 0 Å². The van der Waals surface area contributed by atoms with Gasteiger partial charge in [-0.2, -0.15) is 4.80 Å². The van der Waals surface area contributed by atoms with Gasteiger partial charge in [0.1, 0.15) is 6.04 Å². The number of aromatic nitrogens is 4. The van der Waals surface area contributed by atoms with Crippen LogP contribution in [-0.4, -0.2) is 54.7 Å². The van der Waals surface area contributed by atoms with Gasteiger partial charge in [0.05, 0.1) is 7.05 Å². The molecule has 0 radical (unpaired) electrons. The monoisotopic (exact) mass is 315 g/mol. The SMILES string of the molecule is Cn1nnc(-c2ccc(C(=O)N3CCCCC3C(=O)O)cc2)n1. The molecule has 0 spiro atoms. The number of amides is 1. The van der Waals surface area contributed by atoms with Gasteiger partial charge in [0.2, 0.25) is 5.82 Å². The lowest BCUT2D eigenvalue weighted by Gasteiger charge is -2.33. The van der Waals surface area contributed by atoms with Crippen molar-refractivity contribution in [2.45, 2.75) is 25.3 Å². The molecule has 8 nitrogen and oxygen atoms in total. The summed E-state index contributed by atoms with van der Waals surface area (Å²) < 4.78 is 0. The number of carboxylic acid groups (broad SMARTS) is 1. The average Bonchev–Trinajstić information content (AvgIpc) is 3.01. The lowest BCUT2D eigenvalue weighted by Crippen LogP contribution is -2.47. The molecule has 2 heterocycles. The van der Waals surface area contributed by atoms with Crippen molar-refractivity contribution in [3.8, 4) is 11.4 Å². The van der Waals surface area contributed by atoms with E-state index in [1.165, 1.54) is 9.70 Å². The van der Waals surface area contributed by atoms with Crippen LogP contribution in [0.5, 0.6) is 0 Å². The smallest absolute Gasteiger partial charge is 0.326 e. The Hall–Kier alpha value is -2.77. The van der Waals surface area contributed by atoms with Crippen molar-refractivity contribution in [3.63, 3.8) is 0 Å². The second-order valence-corrected chi connectivity index (χ2v) is 5.53. The first-order valence-electron chi connectivity index (χ1n) is 7.44. The summed E-state index contributed by atoms with van der Waals surface area (Å²) in [4.78, 5) is 26.7. The third kappa shape index (κ3) is 3.05. The fourth-order valence-electron chi connectivity index (χ4n) is 2.76. The minimum Gasteiger partial charge on any atom is -0.480 e. The Kier molecular flexibility index (Phi) is 4.05. The molecule has 1 atom stereocenters. The highest BCUT2D eigenvalue weighted by molar-refractivity contribution is 5.97. The van der Waals surface area contributed by atoms with Crippen molar-refractivity contribution >= 4 is 11.9 Å². The maximum atomic E-state index is 12.6. The molecule has 0 aliphatic carbocycles. The molecule has 1 N–H and O–H groups in total. The quantitative estimate of drug-likeness (QED) is 0.905. The normalized spacial score (nSPS) is 18.0. The van der Waals surface area contributed by atoms with E-state index in [4.69, 9.17) is 0 Å². The summed E-state index contributed by atoms with van der Waals surface area (Å²) in [6.07, 6.45) is 2.16. The zero-order valence-corrected chi connectivity index (χ0v) is 12.7. The van der Waals surface area contributed by atoms with E-state index in [0.29, 0.717) is 24.4 Å². The van der Waals surface area contributed by atoms with Gasteiger partial charge in [-0.15, -0.1) is 10.2 Å². The highest BCUT2D eigenvalue weighted by Gasteiger charge is 2.32. The maximum Gasteiger partial charge on any atom is 0.326 e. The molecule has 2 aromatic rings. The molecule has 1 amide bonds. The molecule has 1 aromatic heterocycles. The van der Waals surface area contributed by atoms with Gasteiger partial charge in [-0.1, -0.05) is 12.1 Å². The first kappa shape index (κ1) is 15.1. The minimum atomic E-state index is -0.946. The number of nitrogens with zero attached hydrogens (tertiary/aromatic N) is 5. The molecule has 1 fully saturated rings. The van der Waals surface area contributed by atoms with Gasteiger partial charge in [0.15, 0.2) is 0 Å². The lowest BCUT2D eigenvalue weighted by atomic mass is 10.0. The number of likely N-dealkylation sites (tertiary alicyclic amines) is 1. The highest BCUT2D eigenvalue weighted by atomic mass is 16.4. The van der Waals surface area contributed by atoms with E-state index in [2.05, 4.69) is 15.4 Å². The van der Waals surface area contributed by atoms with Crippen molar-refractivity contribution in [3.05, 3.63) is 29.8 Å². The van der Waals surface area contributed by atoms with Crippen LogP contribution in [0.25, 0.3) is 11.4 Å². The maximum absolute atomic E-state index is 12.6. The van der Waals surface area contributed by atoms with E-state index in [1.54, 1.807) is 31.3 Å². The van der Waals surface area contributed by atoms with Gasteiger partial charge in [-0.3, -0.25) is 4.79 Å². The van der Waals surface area contributed by atoms with Gasteiger partial charge >= 0.3 is 5.97 Å². The number of aliphatic carboxylic acids is 1.